The van der Waals surface area contributed by atoms with E-state index < -0.39 is 11.6 Å². The van der Waals surface area contributed by atoms with Crippen LogP contribution < -0.4 is 21.7 Å². The molecule has 0 saturated heterocycles. The smallest absolute Gasteiger partial charge is 1.00 e. The molecule has 1 aromatic carbocycles. The van der Waals surface area contributed by atoms with Crippen LogP contribution in [0.1, 0.15) is 20.3 Å². The van der Waals surface area contributed by atoms with Crippen LogP contribution in [0.4, 0.5) is 8.78 Å². The van der Waals surface area contributed by atoms with Crippen LogP contribution >= 0.6 is 0 Å². The molecule has 1 nitrogen and oxygen atoms in total. The standard InChI is InChI=1S/C10H11F2O.BrH.Mg/c1-3-7(2)13-10-8(11)5-4-6-9(10)12;;/h5-7H,3H2,1-2H3;1H;/q-1;;+2/p-1. The van der Waals surface area contributed by atoms with Crippen LogP contribution in [0.25, 0.3) is 0 Å². The van der Waals surface area contributed by atoms with Gasteiger partial charge in [0.15, 0.2) is 0 Å². The molecule has 0 saturated carbocycles. The third kappa shape index (κ3) is 5.13. The molecule has 0 radical (unpaired) electrons. The first-order valence-electron chi connectivity index (χ1n) is 4.17. The topological polar surface area (TPSA) is 9.23 Å². The molecule has 0 aromatic heterocycles. The van der Waals surface area contributed by atoms with Crippen LogP contribution in [0.15, 0.2) is 12.1 Å². The van der Waals surface area contributed by atoms with E-state index in [4.69, 9.17) is 4.74 Å². The summed E-state index contributed by atoms with van der Waals surface area (Å²) in [6.45, 7) is 3.64. The average molecular weight is 289 g/mol. The summed E-state index contributed by atoms with van der Waals surface area (Å²) in [4.78, 5) is 0. The van der Waals surface area contributed by atoms with E-state index in [1.807, 2.05) is 6.92 Å². The second-order valence-electron chi connectivity index (χ2n) is 2.82. The Hall–Kier alpha value is 0.126. The summed E-state index contributed by atoms with van der Waals surface area (Å²) >= 11 is 0. The molecule has 0 fully saturated rings. The molecule has 1 atom stereocenters. The maximum atomic E-state index is 13.0. The first-order valence-corrected chi connectivity index (χ1v) is 4.17. The minimum absolute atomic E-state index is 0. The third-order valence-corrected chi connectivity index (χ3v) is 1.75. The number of rotatable bonds is 3. The molecule has 0 aliphatic carbocycles. The van der Waals surface area contributed by atoms with E-state index in [1.165, 1.54) is 0 Å². The minimum Gasteiger partial charge on any atom is -1.00 e. The van der Waals surface area contributed by atoms with Gasteiger partial charge in [-0.05, 0) is 13.3 Å². The number of hydrogen-bond donors (Lipinski definition) is 0. The number of halogens is 3. The fraction of sp³-hybridized carbons (Fsp3) is 0.400. The van der Waals surface area contributed by atoms with Gasteiger partial charge in [0.1, 0.15) is 0 Å². The minimum atomic E-state index is -0.708. The molecule has 0 aliphatic heterocycles. The van der Waals surface area contributed by atoms with Crippen molar-refractivity contribution in [2.75, 3.05) is 0 Å². The van der Waals surface area contributed by atoms with E-state index in [1.54, 1.807) is 6.92 Å². The van der Waals surface area contributed by atoms with Gasteiger partial charge in [-0.15, -0.1) is 12.1 Å². The number of hydrogen-bond acceptors (Lipinski definition) is 1. The Morgan fingerprint density at radius 2 is 1.80 bits per heavy atom. The molecule has 5 heteroatoms. The van der Waals surface area contributed by atoms with Crippen LogP contribution in [0.2, 0.25) is 0 Å². The summed E-state index contributed by atoms with van der Waals surface area (Å²) in [5.74, 6) is -1.73. The van der Waals surface area contributed by atoms with E-state index in [-0.39, 0.29) is 51.9 Å². The van der Waals surface area contributed by atoms with Crippen LogP contribution in [0.3, 0.4) is 0 Å². The Morgan fingerprint density at radius 1 is 1.33 bits per heavy atom. The fourth-order valence-corrected chi connectivity index (χ4v) is 0.830. The zero-order valence-corrected chi connectivity index (χ0v) is 11.7. The Labute approximate surface area is 115 Å². The van der Waals surface area contributed by atoms with Crippen molar-refractivity contribution in [3.05, 3.63) is 29.8 Å². The molecule has 1 rings (SSSR count). The van der Waals surface area contributed by atoms with Gasteiger partial charge in [0.25, 0.3) is 0 Å². The second-order valence-corrected chi connectivity index (χ2v) is 2.82. The molecular weight excluding hydrogens is 278 g/mol. The maximum Gasteiger partial charge on any atom is 2.00 e. The van der Waals surface area contributed by atoms with Crippen molar-refractivity contribution in [2.45, 2.75) is 26.4 Å². The molecular formula is C10H11BrF2MgO. The number of benzene rings is 1. The maximum absolute atomic E-state index is 13.0. The first kappa shape index (κ1) is 17.5. The Kier molecular flexibility index (Phi) is 9.69. The molecule has 0 amide bonds. The predicted octanol–water partition coefficient (Wildman–Crippen LogP) is -0.435. The van der Waals surface area contributed by atoms with E-state index in [2.05, 4.69) is 6.07 Å². The van der Waals surface area contributed by atoms with Crippen LogP contribution in [0, 0.1) is 17.7 Å². The van der Waals surface area contributed by atoms with Gasteiger partial charge < -0.3 is 21.7 Å². The van der Waals surface area contributed by atoms with Gasteiger partial charge in [-0.1, -0.05) is 6.92 Å². The summed E-state index contributed by atoms with van der Waals surface area (Å²) in [6, 6.07) is 4.44. The normalized spacial score (nSPS) is 10.9. The quantitative estimate of drug-likeness (QED) is 0.542. The van der Waals surface area contributed by atoms with Gasteiger partial charge in [0.2, 0.25) is 0 Å². The molecule has 0 spiro atoms. The van der Waals surface area contributed by atoms with Crippen molar-refractivity contribution in [3.63, 3.8) is 0 Å². The van der Waals surface area contributed by atoms with E-state index in [0.29, 0.717) is 6.42 Å². The predicted molar refractivity (Wildman–Crippen MR) is 51.3 cm³/mol. The molecule has 1 unspecified atom stereocenters. The molecule has 0 heterocycles. The van der Waals surface area contributed by atoms with Crippen molar-refractivity contribution in [2.24, 2.45) is 0 Å². The second kappa shape index (κ2) is 8.30. The van der Waals surface area contributed by atoms with Gasteiger partial charge >= 0.3 is 23.1 Å². The van der Waals surface area contributed by atoms with Crippen LogP contribution in [0.5, 0.6) is 5.75 Å². The first-order chi connectivity index (χ1) is 6.15. The third-order valence-electron chi connectivity index (χ3n) is 1.75. The summed E-state index contributed by atoms with van der Waals surface area (Å²) in [7, 11) is 0. The van der Waals surface area contributed by atoms with E-state index >= 15 is 0 Å². The summed E-state index contributed by atoms with van der Waals surface area (Å²) in [6.07, 6.45) is 0.517. The van der Waals surface area contributed by atoms with Crippen LogP contribution in [-0.2, 0) is 0 Å². The molecule has 0 N–H and O–H groups in total. The largest absolute Gasteiger partial charge is 2.00 e. The summed E-state index contributed by atoms with van der Waals surface area (Å²) < 4.78 is 31.0. The Morgan fingerprint density at radius 3 is 2.20 bits per heavy atom. The molecule has 1 aromatic rings. The van der Waals surface area contributed by atoms with E-state index in [0.717, 1.165) is 12.1 Å². The van der Waals surface area contributed by atoms with E-state index in [9.17, 15) is 8.78 Å². The molecule has 80 valence electrons. The average Bonchev–Trinajstić information content (AvgIpc) is 2.11. The van der Waals surface area contributed by atoms with Crippen LogP contribution in [-0.4, -0.2) is 29.2 Å². The zero-order valence-electron chi connectivity index (χ0n) is 8.69. The van der Waals surface area contributed by atoms with Crippen molar-refractivity contribution in [1.82, 2.24) is 0 Å². The van der Waals surface area contributed by atoms with Gasteiger partial charge in [0.05, 0.1) is 23.5 Å². The summed E-state index contributed by atoms with van der Waals surface area (Å²) in [5, 5.41) is 0. The van der Waals surface area contributed by atoms with Gasteiger partial charge in [-0.25, -0.2) is 0 Å². The zero-order chi connectivity index (χ0) is 9.84. The van der Waals surface area contributed by atoms with Crippen molar-refractivity contribution < 1.29 is 30.5 Å². The number of ether oxygens (including phenoxy) is 1. The van der Waals surface area contributed by atoms with Crippen molar-refractivity contribution >= 4 is 23.1 Å². The summed E-state index contributed by atoms with van der Waals surface area (Å²) in [5.41, 5.74) is 0. The SMILES string of the molecule is CCC(C)Oc1c(F)c[c-]cc1F.[Br-].[Mg+2]. The van der Waals surface area contributed by atoms with Gasteiger partial charge in [0, 0.05) is 0 Å². The Balaban J connectivity index is 0. The molecule has 0 bridgehead atoms. The van der Waals surface area contributed by atoms with Crippen molar-refractivity contribution in [1.29, 1.82) is 0 Å². The van der Waals surface area contributed by atoms with Crippen molar-refractivity contribution in [3.8, 4) is 5.75 Å². The monoisotopic (exact) mass is 288 g/mol. The van der Waals surface area contributed by atoms with Gasteiger partial charge in [-0.2, -0.15) is 6.07 Å². The Bertz CT molecular complexity index is 277. The fourth-order valence-electron chi connectivity index (χ4n) is 0.830. The molecule has 0 aliphatic rings. The molecule has 15 heavy (non-hydrogen) atoms. The van der Waals surface area contributed by atoms with Gasteiger partial charge in [-0.3, -0.25) is 8.78 Å².